The number of hydrogen-bond donors (Lipinski definition) is 0. The molecule has 0 unspecified atom stereocenters. The van der Waals surface area contributed by atoms with Crippen LogP contribution in [0.5, 0.6) is 0 Å². The third-order valence-electron chi connectivity index (χ3n) is 7.22. The zero-order chi connectivity index (χ0) is 30.9. The number of benzene rings is 1. The van der Waals surface area contributed by atoms with Crippen molar-refractivity contribution in [3.63, 3.8) is 0 Å². The van der Waals surface area contributed by atoms with Crippen LogP contribution in [0, 0.1) is 0 Å². The van der Waals surface area contributed by atoms with Crippen LogP contribution in [0.2, 0.25) is 78.6 Å². The van der Waals surface area contributed by atoms with Crippen LogP contribution in [0.1, 0.15) is 47.8 Å². The number of halogens is 7. The highest BCUT2D eigenvalue weighted by molar-refractivity contribution is 9.84. The van der Waals surface area contributed by atoms with E-state index in [1.165, 1.54) is 5.56 Å². The van der Waals surface area contributed by atoms with Gasteiger partial charge in [0, 0.05) is 32.3 Å². The molecule has 0 aromatic heterocycles. The van der Waals surface area contributed by atoms with Gasteiger partial charge in [0.2, 0.25) is 9.18 Å². The summed E-state index contributed by atoms with van der Waals surface area (Å²) in [7, 11) is -6.33. The first-order valence-corrected chi connectivity index (χ1v) is 51.3. The summed E-state index contributed by atoms with van der Waals surface area (Å²) in [6, 6.07) is 5.33. The highest BCUT2D eigenvalue weighted by atomic mass is 80.0. The van der Waals surface area contributed by atoms with Gasteiger partial charge >= 0.3 is 0 Å². The van der Waals surface area contributed by atoms with Gasteiger partial charge in [0.15, 0.2) is 0 Å². The van der Waals surface area contributed by atoms with Crippen LogP contribution in [0.15, 0.2) is 12.1 Å². The van der Waals surface area contributed by atoms with Crippen molar-refractivity contribution in [3.05, 3.63) is 28.8 Å². The molecule has 222 valence electrons. The van der Waals surface area contributed by atoms with E-state index in [1.54, 1.807) is 16.3 Å². The molecule has 0 bridgehead atoms. The van der Waals surface area contributed by atoms with Crippen molar-refractivity contribution in [2.45, 2.75) is 115 Å². The molecule has 1 aromatic carbocycles. The Hall–Kier alpha value is 4.10. The largest absolute Gasteiger partial charge is 0.278 e. The molecule has 0 saturated heterocycles. The van der Waals surface area contributed by atoms with E-state index >= 15 is 0 Å². The molecular weight excluding hydrogens is 1040 g/mol. The quantitative estimate of drug-likeness (QED) is 0.171. The molecule has 0 heterocycles. The molecule has 0 fully saturated rings. The average molecular weight is 1090 g/mol. The van der Waals surface area contributed by atoms with E-state index in [-0.39, 0.29) is 5.41 Å². The summed E-state index contributed by atoms with van der Waals surface area (Å²) in [6.07, 6.45) is 0. The van der Waals surface area contributed by atoms with Gasteiger partial charge in [0.25, 0.3) is 3.45 Å². The van der Waals surface area contributed by atoms with E-state index in [0.29, 0.717) is 10.3 Å². The van der Waals surface area contributed by atoms with Crippen molar-refractivity contribution >= 4 is 157 Å². The van der Waals surface area contributed by atoms with E-state index in [0.717, 1.165) is 0 Å². The summed E-state index contributed by atoms with van der Waals surface area (Å²) in [6.45, 7) is 38.5. The molecule has 0 aliphatic rings. The standard InChI is InChI=1S/C24H49Br7Si7/c1-24(2,3)18-16-19(22(32(4,5)6)33(7,8)9)21(36(25,26)38(30,31)37(27,28)29)20(17-18)23(34(10,11)12)35(13,14)15/h16-17,22-23H,1-15H3. The predicted octanol–water partition coefficient (Wildman–Crippen LogP) is 12.6. The maximum atomic E-state index is 4.56. The van der Waals surface area contributed by atoms with Crippen molar-refractivity contribution in [3.8, 4) is 0 Å². The Morgan fingerprint density at radius 3 is 0.974 bits per heavy atom. The lowest BCUT2D eigenvalue weighted by Gasteiger charge is -2.48. The Bertz CT molecular complexity index is 923. The van der Waals surface area contributed by atoms with Crippen LogP contribution in [0.3, 0.4) is 0 Å². The summed E-state index contributed by atoms with van der Waals surface area (Å²) in [5.74, 6) is 0. The van der Waals surface area contributed by atoms with Gasteiger partial charge in [-0.05, 0) is 37.6 Å². The molecule has 0 aliphatic carbocycles. The minimum atomic E-state index is -2.45. The van der Waals surface area contributed by atoms with Crippen molar-refractivity contribution in [1.82, 2.24) is 0 Å². The molecular formula is C24H49Br7Si7. The summed E-state index contributed by atoms with van der Waals surface area (Å²) in [5.41, 5.74) is 4.92. The third kappa shape index (κ3) is 9.09. The monoisotopic (exact) mass is 1090 g/mol. The second kappa shape index (κ2) is 12.7. The van der Waals surface area contributed by atoms with Crippen molar-refractivity contribution in [1.29, 1.82) is 0 Å². The molecule has 14 heteroatoms. The van der Waals surface area contributed by atoms with E-state index in [2.05, 4.69) is 219 Å². The number of rotatable bonds is 9. The highest BCUT2D eigenvalue weighted by Crippen LogP contribution is 2.55. The van der Waals surface area contributed by atoms with Gasteiger partial charge in [0.1, 0.15) is 0 Å². The van der Waals surface area contributed by atoms with Crippen LogP contribution >= 0.6 is 107 Å². The molecule has 0 nitrogen and oxygen atoms in total. The smallest absolute Gasteiger partial charge is 0.112 e. The molecule has 0 spiro atoms. The Kier molecular flexibility index (Phi) is 13.4. The van der Waals surface area contributed by atoms with Crippen LogP contribution in [0.25, 0.3) is 0 Å². The van der Waals surface area contributed by atoms with Crippen LogP contribution in [-0.4, -0.2) is 44.9 Å². The van der Waals surface area contributed by atoms with E-state index < -0.39 is 44.9 Å². The topological polar surface area (TPSA) is 0 Å². The Morgan fingerprint density at radius 1 is 0.526 bits per heavy atom. The molecule has 0 aliphatic heterocycles. The SMILES string of the molecule is CC(C)(C)c1cc(C([Si](C)(C)C)[Si](C)(C)C)c([Si](Br)(Br)[Si](Br)(Br)[Si](Br)(Br)Br)c(C([Si](C)(C)C)[Si](C)(C)C)c1. The first kappa shape index (κ1) is 40.1. The second-order valence-electron chi connectivity index (χ2n) is 16.3. The molecule has 38 heavy (non-hydrogen) atoms. The van der Waals surface area contributed by atoms with E-state index in [1.807, 2.05) is 0 Å². The first-order chi connectivity index (χ1) is 16.2. The summed E-state index contributed by atoms with van der Waals surface area (Å²) >= 11 is 30.2. The van der Waals surface area contributed by atoms with Gasteiger partial charge in [-0.2, -0.15) is 0 Å². The fourth-order valence-electron chi connectivity index (χ4n) is 6.74. The Labute approximate surface area is 296 Å². The van der Waals surface area contributed by atoms with Gasteiger partial charge in [0.05, 0.1) is 0 Å². The van der Waals surface area contributed by atoms with Crippen molar-refractivity contribution in [2.24, 2.45) is 0 Å². The van der Waals surface area contributed by atoms with Gasteiger partial charge in [-0.15, -0.1) is 61.2 Å². The lowest BCUT2D eigenvalue weighted by molar-refractivity contribution is 0.589. The maximum absolute atomic E-state index is 4.56. The third-order valence-corrected chi connectivity index (χ3v) is 155. The van der Waals surface area contributed by atoms with Gasteiger partial charge in [-0.3, -0.25) is 0 Å². The van der Waals surface area contributed by atoms with Crippen molar-refractivity contribution in [2.75, 3.05) is 0 Å². The zero-order valence-electron chi connectivity index (χ0n) is 26.0. The molecule has 0 saturated carbocycles. The Morgan fingerprint density at radius 2 is 0.789 bits per heavy atom. The molecule has 1 rings (SSSR count). The van der Waals surface area contributed by atoms with Crippen LogP contribution < -0.4 is 5.19 Å². The van der Waals surface area contributed by atoms with Crippen LogP contribution in [-0.2, 0) is 5.41 Å². The van der Waals surface area contributed by atoms with E-state index in [4.69, 9.17) is 0 Å². The van der Waals surface area contributed by atoms with Gasteiger partial charge in [-0.25, -0.2) is 0 Å². The fraction of sp³-hybridized carbons (Fsp3) is 0.750. The van der Waals surface area contributed by atoms with Gasteiger partial charge in [-0.1, -0.05) is 157 Å². The molecule has 1 aromatic rings. The average Bonchev–Trinajstić information content (AvgIpc) is 2.53. The lowest BCUT2D eigenvalue weighted by atomic mass is 9.85. The summed E-state index contributed by atoms with van der Waals surface area (Å²) in [4.78, 5) is -2.45. The molecule has 0 radical (unpaired) electrons. The normalized spacial score (nSPS) is 15.6. The first-order valence-electron chi connectivity index (χ1n) is 13.2. The lowest BCUT2D eigenvalue weighted by Crippen LogP contribution is -2.67. The van der Waals surface area contributed by atoms with Crippen molar-refractivity contribution < 1.29 is 0 Å². The predicted molar refractivity (Wildman–Crippen MR) is 223 cm³/mol. The molecule has 0 N–H and O–H groups in total. The fourth-order valence-corrected chi connectivity index (χ4v) is 131. The second-order valence-corrected chi connectivity index (χ2v) is 114. The van der Waals surface area contributed by atoms with Gasteiger partial charge < -0.3 is 0 Å². The summed E-state index contributed by atoms with van der Waals surface area (Å²) in [5, 5.41) is 2.95. The Balaban J connectivity index is 4.74. The minimum Gasteiger partial charge on any atom is -0.112 e. The molecule has 0 amide bonds. The summed E-state index contributed by atoms with van der Waals surface area (Å²) < 4.78 is -4.41. The van der Waals surface area contributed by atoms with Crippen LogP contribution in [0.4, 0.5) is 0 Å². The zero-order valence-corrected chi connectivity index (χ0v) is 44.1. The number of hydrogen-bond acceptors (Lipinski definition) is 0. The minimum absolute atomic E-state index is 0.0911. The van der Waals surface area contributed by atoms with E-state index in [9.17, 15) is 0 Å². The highest BCUT2D eigenvalue weighted by Gasteiger charge is 2.66. The maximum Gasteiger partial charge on any atom is 0.278 e. The molecule has 0 atom stereocenters.